The van der Waals surface area contributed by atoms with Gasteiger partial charge in [-0.1, -0.05) is 69.3 Å². The van der Waals surface area contributed by atoms with E-state index in [2.05, 4.69) is 45.0 Å². The lowest BCUT2D eigenvalue weighted by Gasteiger charge is -2.42. The van der Waals surface area contributed by atoms with Gasteiger partial charge in [0.05, 0.1) is 0 Å². The summed E-state index contributed by atoms with van der Waals surface area (Å²) in [4.78, 5) is 26.2. The van der Waals surface area contributed by atoms with Gasteiger partial charge in [-0.05, 0) is 46.4 Å². The zero-order valence-corrected chi connectivity index (χ0v) is 17.8. The Hall–Kier alpha value is -2.82. The fraction of sp³-hybridized carbons (Fsp3) is 0.440. The van der Waals surface area contributed by atoms with Gasteiger partial charge in [-0.25, -0.2) is 9.59 Å². The van der Waals surface area contributed by atoms with Gasteiger partial charge in [-0.2, -0.15) is 0 Å². The van der Waals surface area contributed by atoms with Gasteiger partial charge < -0.3 is 9.84 Å². The first-order valence-electron chi connectivity index (χ1n) is 10.6. The molecule has 0 saturated carbocycles. The molecule has 1 amide bonds. The Kier molecular flexibility index (Phi) is 5.31. The van der Waals surface area contributed by atoms with E-state index in [9.17, 15) is 14.7 Å². The van der Waals surface area contributed by atoms with E-state index in [1.165, 1.54) is 16.0 Å². The first-order chi connectivity index (χ1) is 14.3. The van der Waals surface area contributed by atoms with E-state index in [0.29, 0.717) is 13.0 Å². The second-order valence-corrected chi connectivity index (χ2v) is 9.45. The van der Waals surface area contributed by atoms with Crippen LogP contribution in [0.5, 0.6) is 0 Å². The highest BCUT2D eigenvalue weighted by Crippen LogP contribution is 2.44. The van der Waals surface area contributed by atoms with Crippen molar-refractivity contribution in [3.63, 3.8) is 0 Å². The van der Waals surface area contributed by atoms with Crippen LogP contribution in [0.1, 0.15) is 50.7 Å². The maximum atomic E-state index is 13.0. The van der Waals surface area contributed by atoms with Crippen molar-refractivity contribution < 1.29 is 19.4 Å². The van der Waals surface area contributed by atoms with Crippen LogP contribution in [0.25, 0.3) is 11.1 Å². The molecular formula is C25H29NO4. The molecule has 0 unspecified atom stereocenters. The van der Waals surface area contributed by atoms with Crippen LogP contribution in [0.15, 0.2) is 48.5 Å². The number of aliphatic carboxylic acids is 1. The molecule has 2 atom stereocenters. The highest BCUT2D eigenvalue weighted by Gasteiger charge is 2.41. The van der Waals surface area contributed by atoms with E-state index in [-0.39, 0.29) is 23.9 Å². The standard InChI is InChI=1S/C25H29NO4/c1-25(2,3)16-12-13-22(23(27)28)26(14-16)24(29)30-15-21-19-10-6-4-8-17(19)18-9-5-7-11-20(18)21/h4-11,16,21-22H,12-15H2,1-3H3,(H,27,28)/t16-,22-/m1/s1. The Morgan fingerprint density at radius 1 is 1.00 bits per heavy atom. The Morgan fingerprint density at radius 2 is 1.57 bits per heavy atom. The van der Waals surface area contributed by atoms with Gasteiger partial charge in [0.25, 0.3) is 0 Å². The summed E-state index contributed by atoms with van der Waals surface area (Å²) < 4.78 is 5.74. The maximum Gasteiger partial charge on any atom is 0.410 e. The van der Waals surface area contributed by atoms with Crippen LogP contribution >= 0.6 is 0 Å². The molecule has 1 fully saturated rings. The number of amides is 1. The van der Waals surface area contributed by atoms with Crippen LogP contribution in [0.3, 0.4) is 0 Å². The molecule has 2 aromatic carbocycles. The predicted molar refractivity (Wildman–Crippen MR) is 115 cm³/mol. The molecule has 0 bridgehead atoms. The number of carbonyl (C=O) groups is 2. The number of ether oxygens (including phenoxy) is 1. The molecule has 1 N–H and O–H groups in total. The fourth-order valence-corrected chi connectivity index (χ4v) is 4.81. The third-order valence-electron chi connectivity index (χ3n) is 6.66. The number of carboxylic acid groups (broad SMARTS) is 1. The molecule has 0 aromatic heterocycles. The lowest BCUT2D eigenvalue weighted by Crippen LogP contribution is -2.53. The number of fused-ring (bicyclic) bond motifs is 3. The van der Waals surface area contributed by atoms with Crippen LogP contribution in [0.4, 0.5) is 4.79 Å². The molecular weight excluding hydrogens is 378 g/mol. The van der Waals surface area contributed by atoms with Gasteiger partial charge >= 0.3 is 12.1 Å². The smallest absolute Gasteiger partial charge is 0.410 e. The number of hydrogen-bond acceptors (Lipinski definition) is 3. The molecule has 4 rings (SSSR count). The molecule has 0 radical (unpaired) electrons. The summed E-state index contributed by atoms with van der Waals surface area (Å²) >= 11 is 0. The van der Waals surface area contributed by atoms with Crippen molar-refractivity contribution in [3.8, 4) is 11.1 Å². The maximum absolute atomic E-state index is 13.0. The van der Waals surface area contributed by atoms with E-state index in [1.807, 2.05) is 24.3 Å². The summed E-state index contributed by atoms with van der Waals surface area (Å²) in [5.41, 5.74) is 4.64. The lowest BCUT2D eigenvalue weighted by atomic mass is 9.75. The summed E-state index contributed by atoms with van der Waals surface area (Å²) in [7, 11) is 0. The van der Waals surface area contributed by atoms with Crippen molar-refractivity contribution in [2.45, 2.75) is 45.6 Å². The number of piperidine rings is 1. The molecule has 2 aliphatic rings. The number of carbonyl (C=O) groups excluding carboxylic acids is 1. The first kappa shape index (κ1) is 20.5. The summed E-state index contributed by atoms with van der Waals surface area (Å²) in [6.07, 6.45) is 0.730. The van der Waals surface area contributed by atoms with Gasteiger partial charge in [-0.3, -0.25) is 4.90 Å². The topological polar surface area (TPSA) is 66.8 Å². The minimum absolute atomic E-state index is 0.00529. The first-order valence-corrected chi connectivity index (χ1v) is 10.6. The largest absolute Gasteiger partial charge is 0.480 e. The molecule has 1 heterocycles. The van der Waals surface area contributed by atoms with Gasteiger partial charge in [-0.15, -0.1) is 0 Å². The normalized spacial score (nSPS) is 21.1. The van der Waals surface area contributed by atoms with E-state index < -0.39 is 18.1 Å². The molecule has 30 heavy (non-hydrogen) atoms. The quantitative estimate of drug-likeness (QED) is 0.764. The lowest BCUT2D eigenvalue weighted by molar-refractivity contribution is -0.145. The van der Waals surface area contributed by atoms with E-state index in [0.717, 1.165) is 17.5 Å². The third-order valence-corrected chi connectivity index (χ3v) is 6.66. The molecule has 5 nitrogen and oxygen atoms in total. The Morgan fingerprint density at radius 3 is 2.10 bits per heavy atom. The van der Waals surface area contributed by atoms with Crippen molar-refractivity contribution in [1.29, 1.82) is 0 Å². The number of benzene rings is 2. The van der Waals surface area contributed by atoms with Crippen molar-refractivity contribution in [1.82, 2.24) is 4.90 Å². The molecule has 1 saturated heterocycles. The monoisotopic (exact) mass is 407 g/mol. The van der Waals surface area contributed by atoms with Gasteiger partial charge in [0.15, 0.2) is 0 Å². The zero-order valence-electron chi connectivity index (χ0n) is 17.8. The summed E-state index contributed by atoms with van der Waals surface area (Å²) in [6, 6.07) is 15.5. The summed E-state index contributed by atoms with van der Waals surface area (Å²) in [5, 5.41) is 9.64. The minimum atomic E-state index is -0.962. The molecule has 0 spiro atoms. The average Bonchev–Trinajstić information content (AvgIpc) is 3.04. The predicted octanol–water partition coefficient (Wildman–Crippen LogP) is 5.15. The van der Waals surface area contributed by atoms with Gasteiger partial charge in [0.2, 0.25) is 0 Å². The molecule has 1 aliphatic heterocycles. The highest BCUT2D eigenvalue weighted by molar-refractivity contribution is 5.81. The van der Waals surface area contributed by atoms with Crippen LogP contribution < -0.4 is 0 Å². The number of nitrogens with zero attached hydrogens (tertiary/aromatic N) is 1. The van der Waals surface area contributed by atoms with Crippen molar-refractivity contribution >= 4 is 12.1 Å². The second-order valence-electron chi connectivity index (χ2n) is 9.45. The van der Waals surface area contributed by atoms with Crippen molar-refractivity contribution in [3.05, 3.63) is 59.7 Å². The number of hydrogen-bond donors (Lipinski definition) is 1. The number of likely N-dealkylation sites (tertiary alicyclic amines) is 1. The van der Waals surface area contributed by atoms with Crippen molar-refractivity contribution in [2.24, 2.45) is 11.3 Å². The zero-order chi connectivity index (χ0) is 21.5. The Bertz CT molecular complexity index is 916. The summed E-state index contributed by atoms with van der Waals surface area (Å²) in [6.45, 7) is 7.02. The average molecular weight is 408 g/mol. The van der Waals surface area contributed by atoms with E-state index in [4.69, 9.17) is 4.74 Å². The fourth-order valence-electron chi connectivity index (χ4n) is 4.81. The van der Waals surface area contributed by atoms with Crippen LogP contribution in [0, 0.1) is 11.3 Å². The minimum Gasteiger partial charge on any atom is -0.480 e. The molecule has 158 valence electrons. The van der Waals surface area contributed by atoms with Crippen LogP contribution in [-0.2, 0) is 9.53 Å². The SMILES string of the molecule is CC(C)(C)[C@@H]1CC[C@H](C(=O)O)N(C(=O)OCC2c3ccccc3-c3ccccc32)C1. The molecule has 1 aliphatic carbocycles. The molecule has 2 aromatic rings. The van der Waals surface area contributed by atoms with Crippen LogP contribution in [0.2, 0.25) is 0 Å². The number of rotatable bonds is 3. The highest BCUT2D eigenvalue weighted by atomic mass is 16.6. The Balaban J connectivity index is 1.53. The van der Waals surface area contributed by atoms with E-state index in [1.54, 1.807) is 0 Å². The van der Waals surface area contributed by atoms with Gasteiger partial charge in [0.1, 0.15) is 12.6 Å². The van der Waals surface area contributed by atoms with Crippen molar-refractivity contribution in [2.75, 3.05) is 13.2 Å². The number of carboxylic acids is 1. The third kappa shape index (κ3) is 3.69. The Labute approximate surface area is 177 Å². The van der Waals surface area contributed by atoms with Gasteiger partial charge in [0, 0.05) is 12.5 Å². The summed E-state index contributed by atoms with van der Waals surface area (Å²) in [5.74, 6) is -0.753. The molecule has 5 heteroatoms. The second kappa shape index (κ2) is 7.78. The van der Waals surface area contributed by atoms with Crippen LogP contribution in [-0.4, -0.2) is 41.3 Å². The van der Waals surface area contributed by atoms with E-state index >= 15 is 0 Å².